The number of nitrogens with zero attached hydrogens (tertiary/aromatic N) is 2. The highest BCUT2D eigenvalue weighted by atomic mass is 127. The molecule has 1 aliphatic heterocycles. The molecular weight excluding hydrogens is 377 g/mol. The number of piperidine rings is 1. The van der Waals surface area contributed by atoms with E-state index in [4.69, 9.17) is 10.5 Å². The second-order valence-corrected chi connectivity index (χ2v) is 5.53. The van der Waals surface area contributed by atoms with E-state index >= 15 is 0 Å². The first-order valence-corrected chi connectivity index (χ1v) is 7.37. The average molecular weight is 403 g/mol. The monoisotopic (exact) mass is 403 g/mol. The number of ether oxygens (including phenoxy) is 1. The molecule has 1 unspecified atom stereocenters. The molecule has 0 saturated carbocycles. The Morgan fingerprint density at radius 2 is 2.10 bits per heavy atom. The van der Waals surface area contributed by atoms with Gasteiger partial charge in [-0.2, -0.15) is 0 Å². The fraction of sp³-hybridized carbons (Fsp3) is 0.562. The molecule has 1 aliphatic rings. The number of hydrogen-bond acceptors (Lipinski definition) is 2. The summed E-state index contributed by atoms with van der Waals surface area (Å²) in [6.45, 7) is 5.10. The highest BCUT2D eigenvalue weighted by molar-refractivity contribution is 14.0. The number of aliphatic imine (C=N–C) groups is 1. The number of methoxy groups -OCH3 is 1. The lowest BCUT2D eigenvalue weighted by Gasteiger charge is -2.31. The van der Waals surface area contributed by atoms with Gasteiger partial charge in [0.1, 0.15) is 5.75 Å². The fourth-order valence-electron chi connectivity index (χ4n) is 2.59. The van der Waals surface area contributed by atoms with Gasteiger partial charge in [-0.05, 0) is 42.9 Å². The number of benzene rings is 1. The SMILES string of the molecule is COc1ccc(CCN=C(N)N2CCCC(C)C2)cc1.I. The van der Waals surface area contributed by atoms with Crippen LogP contribution in [0, 0.1) is 5.92 Å². The van der Waals surface area contributed by atoms with Crippen molar-refractivity contribution in [2.45, 2.75) is 26.2 Å². The van der Waals surface area contributed by atoms with Crippen LogP contribution in [0.5, 0.6) is 5.75 Å². The van der Waals surface area contributed by atoms with Crippen LogP contribution in [0.2, 0.25) is 0 Å². The molecule has 4 nitrogen and oxygen atoms in total. The van der Waals surface area contributed by atoms with Gasteiger partial charge in [0.05, 0.1) is 7.11 Å². The highest BCUT2D eigenvalue weighted by Gasteiger charge is 2.17. The molecule has 1 aromatic carbocycles. The van der Waals surface area contributed by atoms with Crippen LogP contribution in [0.1, 0.15) is 25.3 Å². The Kier molecular flexibility index (Phi) is 7.85. The van der Waals surface area contributed by atoms with Crippen molar-refractivity contribution in [3.05, 3.63) is 29.8 Å². The third-order valence-electron chi connectivity index (χ3n) is 3.81. The standard InChI is InChI=1S/C16H25N3O.HI/c1-13-4-3-11-19(12-13)16(17)18-10-9-14-5-7-15(20-2)8-6-14;/h5-8,13H,3-4,9-12H2,1-2H3,(H2,17,18);1H. The molecular formula is C16H26IN3O. The zero-order valence-corrected chi connectivity index (χ0v) is 15.2. The van der Waals surface area contributed by atoms with E-state index in [-0.39, 0.29) is 24.0 Å². The van der Waals surface area contributed by atoms with Gasteiger partial charge in [0, 0.05) is 19.6 Å². The molecule has 0 bridgehead atoms. The zero-order valence-electron chi connectivity index (χ0n) is 12.9. The molecule has 0 aliphatic carbocycles. The Labute approximate surface area is 144 Å². The van der Waals surface area contributed by atoms with Gasteiger partial charge in [-0.15, -0.1) is 24.0 Å². The van der Waals surface area contributed by atoms with Crippen molar-refractivity contribution in [3.8, 4) is 5.75 Å². The maximum Gasteiger partial charge on any atom is 0.191 e. The molecule has 0 spiro atoms. The predicted molar refractivity (Wildman–Crippen MR) is 98.6 cm³/mol. The van der Waals surface area contributed by atoms with Crippen molar-refractivity contribution in [1.29, 1.82) is 0 Å². The molecule has 1 atom stereocenters. The van der Waals surface area contributed by atoms with E-state index in [1.807, 2.05) is 12.1 Å². The number of likely N-dealkylation sites (tertiary alicyclic amines) is 1. The lowest BCUT2D eigenvalue weighted by molar-refractivity contribution is 0.270. The van der Waals surface area contributed by atoms with Crippen molar-refractivity contribution < 1.29 is 4.74 Å². The van der Waals surface area contributed by atoms with Gasteiger partial charge < -0.3 is 15.4 Å². The number of rotatable bonds is 4. The van der Waals surface area contributed by atoms with Crippen LogP contribution >= 0.6 is 24.0 Å². The van der Waals surface area contributed by atoms with Crippen molar-refractivity contribution in [1.82, 2.24) is 4.90 Å². The van der Waals surface area contributed by atoms with Gasteiger partial charge in [-0.1, -0.05) is 19.1 Å². The molecule has 1 saturated heterocycles. The first-order valence-electron chi connectivity index (χ1n) is 7.37. The minimum atomic E-state index is 0. The summed E-state index contributed by atoms with van der Waals surface area (Å²) in [4.78, 5) is 6.72. The second-order valence-electron chi connectivity index (χ2n) is 5.53. The van der Waals surface area contributed by atoms with Crippen molar-refractivity contribution in [3.63, 3.8) is 0 Å². The van der Waals surface area contributed by atoms with E-state index in [0.29, 0.717) is 5.96 Å². The van der Waals surface area contributed by atoms with Gasteiger partial charge in [0.2, 0.25) is 0 Å². The Morgan fingerprint density at radius 1 is 1.38 bits per heavy atom. The number of halogens is 1. The Bertz CT molecular complexity index is 447. The molecule has 2 rings (SSSR count). The van der Waals surface area contributed by atoms with Crippen LogP contribution in [0.4, 0.5) is 0 Å². The van der Waals surface area contributed by atoms with Crippen LogP contribution in [0.25, 0.3) is 0 Å². The summed E-state index contributed by atoms with van der Waals surface area (Å²) in [5.41, 5.74) is 7.34. The van der Waals surface area contributed by atoms with Crippen molar-refractivity contribution >= 4 is 29.9 Å². The van der Waals surface area contributed by atoms with Crippen molar-refractivity contribution in [2.24, 2.45) is 16.6 Å². The first-order chi connectivity index (χ1) is 9.69. The van der Waals surface area contributed by atoms with E-state index in [0.717, 1.165) is 37.7 Å². The van der Waals surface area contributed by atoms with Gasteiger partial charge >= 0.3 is 0 Å². The zero-order chi connectivity index (χ0) is 14.4. The normalized spacial score (nSPS) is 19.0. The summed E-state index contributed by atoms with van der Waals surface area (Å²) in [5, 5.41) is 0. The Hall–Kier alpha value is -0.980. The largest absolute Gasteiger partial charge is 0.497 e. The summed E-state index contributed by atoms with van der Waals surface area (Å²) in [7, 11) is 1.68. The summed E-state index contributed by atoms with van der Waals surface area (Å²) in [5.74, 6) is 2.31. The lowest BCUT2D eigenvalue weighted by atomic mass is 10.0. The number of hydrogen-bond donors (Lipinski definition) is 1. The van der Waals surface area contributed by atoms with Gasteiger partial charge in [0.15, 0.2) is 5.96 Å². The van der Waals surface area contributed by atoms with E-state index in [9.17, 15) is 0 Å². The van der Waals surface area contributed by atoms with E-state index in [2.05, 4.69) is 28.9 Å². The van der Waals surface area contributed by atoms with E-state index < -0.39 is 0 Å². The molecule has 1 fully saturated rings. The number of guanidine groups is 1. The quantitative estimate of drug-likeness (QED) is 0.478. The fourth-order valence-corrected chi connectivity index (χ4v) is 2.59. The second kappa shape index (κ2) is 9.12. The Morgan fingerprint density at radius 3 is 2.71 bits per heavy atom. The van der Waals surface area contributed by atoms with Gasteiger partial charge in [0.25, 0.3) is 0 Å². The van der Waals surface area contributed by atoms with Gasteiger partial charge in [-0.3, -0.25) is 4.99 Å². The van der Waals surface area contributed by atoms with Crippen LogP contribution in [0.15, 0.2) is 29.3 Å². The van der Waals surface area contributed by atoms with E-state index in [1.165, 1.54) is 18.4 Å². The first kappa shape index (κ1) is 18.1. The van der Waals surface area contributed by atoms with Crippen molar-refractivity contribution in [2.75, 3.05) is 26.7 Å². The van der Waals surface area contributed by atoms with Crippen LogP contribution < -0.4 is 10.5 Å². The van der Waals surface area contributed by atoms with E-state index in [1.54, 1.807) is 7.11 Å². The minimum absolute atomic E-state index is 0. The smallest absolute Gasteiger partial charge is 0.191 e. The molecule has 1 aromatic rings. The van der Waals surface area contributed by atoms with Crippen LogP contribution in [-0.2, 0) is 6.42 Å². The predicted octanol–water partition coefficient (Wildman–Crippen LogP) is 2.90. The van der Waals surface area contributed by atoms with Crippen LogP contribution in [0.3, 0.4) is 0 Å². The van der Waals surface area contributed by atoms with Crippen LogP contribution in [-0.4, -0.2) is 37.6 Å². The number of nitrogens with two attached hydrogens (primary N) is 1. The third kappa shape index (κ3) is 5.73. The summed E-state index contributed by atoms with van der Waals surface area (Å²) >= 11 is 0. The maximum absolute atomic E-state index is 6.08. The Balaban J connectivity index is 0.00000220. The molecule has 21 heavy (non-hydrogen) atoms. The third-order valence-corrected chi connectivity index (χ3v) is 3.81. The van der Waals surface area contributed by atoms with Gasteiger partial charge in [-0.25, -0.2) is 0 Å². The molecule has 0 radical (unpaired) electrons. The minimum Gasteiger partial charge on any atom is -0.497 e. The highest BCUT2D eigenvalue weighted by Crippen LogP contribution is 2.15. The summed E-state index contributed by atoms with van der Waals surface area (Å²) in [6.07, 6.45) is 3.43. The maximum atomic E-state index is 6.08. The molecule has 0 amide bonds. The molecule has 0 aromatic heterocycles. The summed E-state index contributed by atoms with van der Waals surface area (Å²) < 4.78 is 5.15. The lowest BCUT2D eigenvalue weighted by Crippen LogP contribution is -2.43. The average Bonchev–Trinajstić information content (AvgIpc) is 2.48. The molecule has 118 valence electrons. The molecule has 2 N–H and O–H groups in total. The molecule has 1 heterocycles. The molecule has 5 heteroatoms. The summed E-state index contributed by atoms with van der Waals surface area (Å²) in [6, 6.07) is 8.12. The topological polar surface area (TPSA) is 50.9 Å².